The predicted molar refractivity (Wildman–Crippen MR) is 90.4 cm³/mol. The molecule has 1 aromatic carbocycles. The molecule has 0 bridgehead atoms. The molecule has 0 spiro atoms. The van der Waals surface area contributed by atoms with Crippen LogP contribution in [0, 0.1) is 17.3 Å². The highest BCUT2D eigenvalue weighted by atomic mass is 15.0. The third-order valence-corrected chi connectivity index (χ3v) is 5.77. The highest BCUT2D eigenvalue weighted by Gasteiger charge is 2.37. The normalized spacial score (nSPS) is 35.2. The summed E-state index contributed by atoms with van der Waals surface area (Å²) in [4.78, 5) is 0. The van der Waals surface area contributed by atoms with Crippen LogP contribution in [-0.2, 0) is 6.42 Å². The molecule has 3 unspecified atom stereocenters. The quantitative estimate of drug-likeness (QED) is 0.795. The monoisotopic (exact) mass is 285 g/mol. The maximum absolute atomic E-state index is 4.07. The third-order valence-electron chi connectivity index (χ3n) is 5.77. The van der Waals surface area contributed by atoms with Gasteiger partial charge < -0.3 is 5.32 Å². The largest absolute Gasteiger partial charge is 0.307 e. The minimum absolute atomic E-state index is 0.359. The average molecular weight is 285 g/mol. The number of hydrogen-bond acceptors (Lipinski definition) is 1. The summed E-state index contributed by atoms with van der Waals surface area (Å²) in [5.74, 6) is 1.74. The highest BCUT2D eigenvalue weighted by Crippen LogP contribution is 2.44. The van der Waals surface area contributed by atoms with Gasteiger partial charge in [-0.3, -0.25) is 0 Å². The SMILES string of the molecule is CC1CC(C)CC(NC2c3ccccc3CCC2(C)C)C1. The van der Waals surface area contributed by atoms with Crippen molar-refractivity contribution in [2.75, 3.05) is 0 Å². The van der Waals surface area contributed by atoms with Crippen LogP contribution in [-0.4, -0.2) is 6.04 Å². The van der Waals surface area contributed by atoms with E-state index in [1.165, 1.54) is 32.1 Å². The number of nitrogens with one attached hydrogen (secondary N) is 1. The Morgan fingerprint density at radius 3 is 2.38 bits per heavy atom. The van der Waals surface area contributed by atoms with Gasteiger partial charge in [-0.1, -0.05) is 52.0 Å². The predicted octanol–water partition coefficient (Wildman–Crippen LogP) is 5.11. The standard InChI is InChI=1S/C20H31N/c1-14-11-15(2)13-17(12-14)21-19-18-8-6-5-7-16(18)9-10-20(19,3)4/h5-8,14-15,17,19,21H,9-13H2,1-4H3. The summed E-state index contributed by atoms with van der Waals surface area (Å²) < 4.78 is 0. The van der Waals surface area contributed by atoms with Crippen LogP contribution in [0.15, 0.2) is 24.3 Å². The van der Waals surface area contributed by atoms with Crippen molar-refractivity contribution in [3.05, 3.63) is 35.4 Å². The molecule has 0 heterocycles. The van der Waals surface area contributed by atoms with E-state index in [1.807, 2.05) is 0 Å². The molecule has 1 N–H and O–H groups in total. The summed E-state index contributed by atoms with van der Waals surface area (Å²) in [6.45, 7) is 9.72. The van der Waals surface area contributed by atoms with Gasteiger partial charge in [-0.15, -0.1) is 0 Å². The fourth-order valence-corrected chi connectivity index (χ4v) is 4.70. The van der Waals surface area contributed by atoms with Gasteiger partial charge in [0.2, 0.25) is 0 Å². The van der Waals surface area contributed by atoms with Gasteiger partial charge in [0.1, 0.15) is 0 Å². The van der Waals surface area contributed by atoms with Crippen molar-refractivity contribution in [3.63, 3.8) is 0 Å². The van der Waals surface area contributed by atoms with E-state index in [9.17, 15) is 0 Å². The summed E-state index contributed by atoms with van der Waals surface area (Å²) in [7, 11) is 0. The highest BCUT2D eigenvalue weighted by molar-refractivity contribution is 5.34. The van der Waals surface area contributed by atoms with E-state index < -0.39 is 0 Å². The zero-order chi connectivity index (χ0) is 15.0. The molecule has 0 aromatic heterocycles. The second kappa shape index (κ2) is 5.76. The van der Waals surface area contributed by atoms with Crippen LogP contribution in [0.5, 0.6) is 0 Å². The number of benzene rings is 1. The second-order valence-electron chi connectivity index (χ2n) is 8.40. The first kappa shape index (κ1) is 15.1. The number of fused-ring (bicyclic) bond motifs is 1. The Morgan fingerprint density at radius 2 is 1.67 bits per heavy atom. The molecule has 0 amide bonds. The van der Waals surface area contributed by atoms with Crippen molar-refractivity contribution >= 4 is 0 Å². The molecule has 2 aliphatic carbocycles. The van der Waals surface area contributed by atoms with Crippen LogP contribution >= 0.6 is 0 Å². The van der Waals surface area contributed by atoms with E-state index in [0.29, 0.717) is 17.5 Å². The van der Waals surface area contributed by atoms with E-state index >= 15 is 0 Å². The Labute approximate surface area is 130 Å². The Bertz CT molecular complexity index is 480. The molecule has 116 valence electrons. The lowest BCUT2D eigenvalue weighted by atomic mass is 9.69. The van der Waals surface area contributed by atoms with Gasteiger partial charge in [-0.2, -0.15) is 0 Å². The molecule has 0 saturated heterocycles. The van der Waals surface area contributed by atoms with Crippen LogP contribution < -0.4 is 5.32 Å². The molecular formula is C20H31N. The molecule has 2 aliphatic rings. The van der Waals surface area contributed by atoms with E-state index in [4.69, 9.17) is 0 Å². The van der Waals surface area contributed by atoms with Crippen LogP contribution in [0.4, 0.5) is 0 Å². The van der Waals surface area contributed by atoms with Gasteiger partial charge in [-0.25, -0.2) is 0 Å². The zero-order valence-corrected chi connectivity index (χ0v) is 14.2. The van der Waals surface area contributed by atoms with E-state index in [1.54, 1.807) is 11.1 Å². The number of hydrogen-bond donors (Lipinski definition) is 1. The van der Waals surface area contributed by atoms with Gasteiger partial charge in [0.05, 0.1) is 0 Å². The Kier molecular flexibility index (Phi) is 4.14. The molecule has 21 heavy (non-hydrogen) atoms. The van der Waals surface area contributed by atoms with Crippen LogP contribution in [0.25, 0.3) is 0 Å². The van der Waals surface area contributed by atoms with Crippen LogP contribution in [0.3, 0.4) is 0 Å². The van der Waals surface area contributed by atoms with Crippen LogP contribution in [0.1, 0.15) is 70.5 Å². The lowest BCUT2D eigenvalue weighted by molar-refractivity contribution is 0.154. The van der Waals surface area contributed by atoms with Crippen molar-refractivity contribution in [1.82, 2.24) is 5.32 Å². The average Bonchev–Trinajstić information content (AvgIpc) is 2.41. The molecule has 1 nitrogen and oxygen atoms in total. The fourth-order valence-electron chi connectivity index (χ4n) is 4.70. The van der Waals surface area contributed by atoms with Gasteiger partial charge in [0.15, 0.2) is 0 Å². The number of aryl methyl sites for hydroxylation is 1. The lowest BCUT2D eigenvalue weighted by Crippen LogP contribution is -2.45. The Hall–Kier alpha value is -0.820. The molecule has 1 heteroatoms. The van der Waals surface area contributed by atoms with Crippen molar-refractivity contribution in [2.24, 2.45) is 17.3 Å². The molecule has 1 aromatic rings. The molecule has 0 radical (unpaired) electrons. The summed E-state index contributed by atoms with van der Waals surface area (Å²) in [5.41, 5.74) is 3.48. The molecule has 0 aliphatic heterocycles. The van der Waals surface area contributed by atoms with Gasteiger partial charge in [0.25, 0.3) is 0 Å². The first-order chi connectivity index (χ1) is 9.95. The summed E-state index contributed by atoms with van der Waals surface area (Å²) in [6, 6.07) is 10.3. The van der Waals surface area contributed by atoms with E-state index in [0.717, 1.165) is 11.8 Å². The fraction of sp³-hybridized carbons (Fsp3) is 0.700. The van der Waals surface area contributed by atoms with Gasteiger partial charge in [-0.05, 0) is 60.5 Å². The van der Waals surface area contributed by atoms with E-state index in [2.05, 4.69) is 57.3 Å². The molecular weight excluding hydrogens is 254 g/mol. The van der Waals surface area contributed by atoms with Crippen molar-refractivity contribution in [3.8, 4) is 0 Å². The summed E-state index contributed by atoms with van der Waals surface area (Å²) in [5, 5.41) is 4.07. The first-order valence-corrected chi connectivity index (χ1v) is 8.79. The minimum Gasteiger partial charge on any atom is -0.307 e. The van der Waals surface area contributed by atoms with Gasteiger partial charge >= 0.3 is 0 Å². The number of rotatable bonds is 2. The third kappa shape index (κ3) is 3.18. The summed E-state index contributed by atoms with van der Waals surface area (Å²) in [6.07, 6.45) is 6.62. The second-order valence-corrected chi connectivity index (χ2v) is 8.40. The maximum atomic E-state index is 4.07. The Balaban J connectivity index is 1.82. The maximum Gasteiger partial charge on any atom is 0.0376 e. The first-order valence-electron chi connectivity index (χ1n) is 8.79. The lowest BCUT2D eigenvalue weighted by Gasteiger charge is -2.44. The van der Waals surface area contributed by atoms with Crippen LogP contribution in [0.2, 0.25) is 0 Å². The molecule has 3 rings (SSSR count). The van der Waals surface area contributed by atoms with Gasteiger partial charge in [0, 0.05) is 12.1 Å². The van der Waals surface area contributed by atoms with Crippen molar-refractivity contribution in [1.29, 1.82) is 0 Å². The molecule has 3 atom stereocenters. The minimum atomic E-state index is 0.359. The summed E-state index contributed by atoms with van der Waals surface area (Å²) >= 11 is 0. The smallest absolute Gasteiger partial charge is 0.0376 e. The zero-order valence-electron chi connectivity index (χ0n) is 14.2. The Morgan fingerprint density at radius 1 is 1.00 bits per heavy atom. The van der Waals surface area contributed by atoms with Crippen molar-refractivity contribution in [2.45, 2.75) is 71.9 Å². The molecule has 1 fully saturated rings. The molecule has 1 saturated carbocycles. The van der Waals surface area contributed by atoms with Crippen molar-refractivity contribution < 1.29 is 0 Å². The van der Waals surface area contributed by atoms with E-state index in [-0.39, 0.29) is 0 Å². The topological polar surface area (TPSA) is 12.0 Å².